The summed E-state index contributed by atoms with van der Waals surface area (Å²) in [6, 6.07) is 14.6. The van der Waals surface area contributed by atoms with Crippen molar-refractivity contribution < 1.29 is 4.74 Å². The number of hydrogen-bond acceptors (Lipinski definition) is 2. The summed E-state index contributed by atoms with van der Waals surface area (Å²) in [5, 5.41) is 3.41. The fourth-order valence-electron chi connectivity index (χ4n) is 2.02. The Hall–Kier alpha value is -1.32. The first-order valence-electron chi connectivity index (χ1n) is 7.36. The van der Waals surface area contributed by atoms with Crippen LogP contribution in [0, 0.1) is 6.92 Å². The third-order valence-electron chi connectivity index (χ3n) is 3.29. The average Bonchev–Trinajstić information content (AvgIpc) is 2.48. The van der Waals surface area contributed by atoms with Gasteiger partial charge in [0, 0.05) is 16.6 Å². The summed E-state index contributed by atoms with van der Waals surface area (Å²) in [4.78, 5) is 0. The molecule has 0 saturated heterocycles. The van der Waals surface area contributed by atoms with Crippen molar-refractivity contribution in [3.8, 4) is 5.75 Å². The molecule has 112 valence electrons. The van der Waals surface area contributed by atoms with Crippen molar-refractivity contribution in [2.45, 2.75) is 33.4 Å². The molecule has 0 atom stereocenters. The van der Waals surface area contributed by atoms with E-state index in [-0.39, 0.29) is 0 Å². The van der Waals surface area contributed by atoms with Gasteiger partial charge in [-0.1, -0.05) is 52.7 Å². The second-order valence-electron chi connectivity index (χ2n) is 5.20. The van der Waals surface area contributed by atoms with E-state index in [4.69, 9.17) is 4.74 Å². The third-order valence-corrected chi connectivity index (χ3v) is 4.03. The van der Waals surface area contributed by atoms with Crippen LogP contribution in [0.25, 0.3) is 0 Å². The molecule has 0 spiro atoms. The molecule has 0 aromatic heterocycles. The van der Waals surface area contributed by atoms with Gasteiger partial charge in [0.25, 0.3) is 0 Å². The van der Waals surface area contributed by atoms with Gasteiger partial charge in [-0.25, -0.2) is 0 Å². The van der Waals surface area contributed by atoms with Gasteiger partial charge in [-0.3, -0.25) is 0 Å². The van der Waals surface area contributed by atoms with Crippen LogP contribution in [0.3, 0.4) is 0 Å². The number of nitrogens with one attached hydrogen (secondary N) is 1. The van der Waals surface area contributed by atoms with Crippen LogP contribution in [-0.4, -0.2) is 6.54 Å². The Morgan fingerprint density at radius 1 is 1.10 bits per heavy atom. The molecule has 1 N–H and O–H groups in total. The first-order valence-corrected chi connectivity index (χ1v) is 8.16. The molecule has 2 aromatic carbocycles. The topological polar surface area (TPSA) is 21.3 Å². The Morgan fingerprint density at radius 3 is 2.52 bits per heavy atom. The van der Waals surface area contributed by atoms with Crippen molar-refractivity contribution in [3.63, 3.8) is 0 Å². The fraction of sp³-hybridized carbons (Fsp3) is 0.333. The van der Waals surface area contributed by atoms with E-state index in [2.05, 4.69) is 65.4 Å². The second-order valence-corrected chi connectivity index (χ2v) is 6.06. The minimum absolute atomic E-state index is 0.576. The highest BCUT2D eigenvalue weighted by atomic mass is 79.9. The van der Waals surface area contributed by atoms with E-state index in [1.165, 1.54) is 11.1 Å². The molecular weight excluding hydrogens is 326 g/mol. The number of hydrogen-bond donors (Lipinski definition) is 1. The standard InChI is InChI=1S/C18H22BrNO/c1-3-10-20-12-15-6-7-16(18(19)11-15)13-21-17-8-4-14(2)5-9-17/h4-9,11,20H,3,10,12-13H2,1-2H3. The highest BCUT2D eigenvalue weighted by Gasteiger charge is 2.03. The highest BCUT2D eigenvalue weighted by molar-refractivity contribution is 9.10. The molecule has 0 aliphatic carbocycles. The van der Waals surface area contributed by atoms with Crippen LogP contribution in [0.2, 0.25) is 0 Å². The van der Waals surface area contributed by atoms with Crippen LogP contribution in [0.1, 0.15) is 30.0 Å². The van der Waals surface area contributed by atoms with Gasteiger partial charge in [0.2, 0.25) is 0 Å². The summed E-state index contributed by atoms with van der Waals surface area (Å²) in [6.45, 7) is 6.79. The van der Waals surface area contributed by atoms with Gasteiger partial charge in [-0.15, -0.1) is 0 Å². The van der Waals surface area contributed by atoms with E-state index in [0.29, 0.717) is 6.61 Å². The maximum absolute atomic E-state index is 5.82. The van der Waals surface area contributed by atoms with Gasteiger partial charge in [0.05, 0.1) is 0 Å². The smallest absolute Gasteiger partial charge is 0.119 e. The predicted octanol–water partition coefficient (Wildman–Crippen LogP) is 4.84. The largest absolute Gasteiger partial charge is 0.489 e. The van der Waals surface area contributed by atoms with Gasteiger partial charge in [0.1, 0.15) is 12.4 Å². The van der Waals surface area contributed by atoms with Gasteiger partial charge >= 0.3 is 0 Å². The zero-order valence-electron chi connectivity index (χ0n) is 12.7. The lowest BCUT2D eigenvalue weighted by atomic mass is 10.1. The molecule has 2 aromatic rings. The molecular formula is C18H22BrNO. The maximum Gasteiger partial charge on any atom is 0.119 e. The minimum atomic E-state index is 0.576. The minimum Gasteiger partial charge on any atom is -0.489 e. The zero-order chi connectivity index (χ0) is 15.1. The predicted molar refractivity (Wildman–Crippen MR) is 91.7 cm³/mol. The highest BCUT2D eigenvalue weighted by Crippen LogP contribution is 2.21. The summed E-state index contributed by atoms with van der Waals surface area (Å²) in [5.74, 6) is 0.904. The fourth-order valence-corrected chi connectivity index (χ4v) is 2.56. The quantitative estimate of drug-likeness (QED) is 0.723. The summed E-state index contributed by atoms with van der Waals surface area (Å²) >= 11 is 3.63. The number of halogens is 1. The molecule has 0 heterocycles. The summed E-state index contributed by atoms with van der Waals surface area (Å²) in [7, 11) is 0. The van der Waals surface area contributed by atoms with E-state index in [1.54, 1.807) is 0 Å². The van der Waals surface area contributed by atoms with Crippen molar-refractivity contribution in [2.75, 3.05) is 6.54 Å². The summed E-state index contributed by atoms with van der Waals surface area (Å²) in [5.41, 5.74) is 3.69. The first kappa shape index (κ1) is 16.1. The monoisotopic (exact) mass is 347 g/mol. The van der Waals surface area contributed by atoms with Crippen LogP contribution in [0.4, 0.5) is 0 Å². The van der Waals surface area contributed by atoms with E-state index < -0.39 is 0 Å². The Labute approximate surface area is 135 Å². The Kier molecular flexibility index (Phi) is 6.27. The molecule has 2 rings (SSSR count). The molecule has 0 fully saturated rings. The third kappa shape index (κ3) is 5.18. The van der Waals surface area contributed by atoms with Crippen LogP contribution < -0.4 is 10.1 Å². The lowest BCUT2D eigenvalue weighted by Gasteiger charge is -2.10. The van der Waals surface area contributed by atoms with Crippen LogP contribution in [-0.2, 0) is 13.2 Å². The van der Waals surface area contributed by atoms with E-state index in [9.17, 15) is 0 Å². The number of benzene rings is 2. The Bertz CT molecular complexity index is 566. The van der Waals surface area contributed by atoms with E-state index in [0.717, 1.165) is 35.3 Å². The van der Waals surface area contributed by atoms with E-state index in [1.807, 2.05) is 12.1 Å². The SMILES string of the molecule is CCCNCc1ccc(COc2ccc(C)cc2)c(Br)c1. The van der Waals surface area contributed by atoms with Crippen molar-refractivity contribution >= 4 is 15.9 Å². The van der Waals surface area contributed by atoms with Crippen molar-refractivity contribution in [1.82, 2.24) is 5.32 Å². The zero-order valence-corrected chi connectivity index (χ0v) is 14.2. The van der Waals surface area contributed by atoms with Crippen molar-refractivity contribution in [1.29, 1.82) is 0 Å². The lowest BCUT2D eigenvalue weighted by molar-refractivity contribution is 0.305. The van der Waals surface area contributed by atoms with Gasteiger partial charge in [-0.05, 0) is 43.7 Å². The Balaban J connectivity index is 1.92. The molecule has 3 heteroatoms. The van der Waals surface area contributed by atoms with Gasteiger partial charge in [-0.2, -0.15) is 0 Å². The number of ether oxygens (including phenoxy) is 1. The molecule has 0 radical (unpaired) electrons. The molecule has 2 nitrogen and oxygen atoms in total. The summed E-state index contributed by atoms with van der Waals surface area (Å²) in [6.07, 6.45) is 1.16. The van der Waals surface area contributed by atoms with Crippen molar-refractivity contribution in [3.05, 3.63) is 63.6 Å². The van der Waals surface area contributed by atoms with Crippen molar-refractivity contribution in [2.24, 2.45) is 0 Å². The van der Waals surface area contributed by atoms with Crippen LogP contribution in [0.15, 0.2) is 46.9 Å². The molecule has 0 amide bonds. The Morgan fingerprint density at radius 2 is 1.86 bits per heavy atom. The van der Waals surface area contributed by atoms with Gasteiger partial charge in [0.15, 0.2) is 0 Å². The maximum atomic E-state index is 5.82. The first-order chi connectivity index (χ1) is 10.2. The molecule has 21 heavy (non-hydrogen) atoms. The molecule has 0 aliphatic rings. The van der Waals surface area contributed by atoms with Gasteiger partial charge < -0.3 is 10.1 Å². The molecule has 0 bridgehead atoms. The van der Waals surface area contributed by atoms with E-state index >= 15 is 0 Å². The molecule has 0 saturated carbocycles. The normalized spacial score (nSPS) is 10.6. The van der Waals surface area contributed by atoms with Crippen LogP contribution >= 0.6 is 15.9 Å². The number of aryl methyl sites for hydroxylation is 1. The average molecular weight is 348 g/mol. The summed E-state index contributed by atoms with van der Waals surface area (Å²) < 4.78 is 6.92. The van der Waals surface area contributed by atoms with Crippen LogP contribution in [0.5, 0.6) is 5.75 Å². The second kappa shape index (κ2) is 8.20. The lowest BCUT2D eigenvalue weighted by Crippen LogP contribution is -2.13. The molecule has 0 unspecified atom stereocenters. The number of rotatable bonds is 7. The molecule has 0 aliphatic heterocycles.